The first-order valence-electron chi connectivity index (χ1n) is 6.20. The van der Waals surface area contributed by atoms with Crippen molar-refractivity contribution in [2.75, 3.05) is 0 Å². The molecule has 0 unspecified atom stereocenters. The van der Waals surface area contributed by atoms with Crippen molar-refractivity contribution >= 4 is 16.2 Å². The second kappa shape index (κ2) is 6.71. The van der Waals surface area contributed by atoms with Crippen LogP contribution >= 0.6 is 0 Å². The number of hydrogen-bond donors (Lipinski definition) is 1. The van der Waals surface area contributed by atoms with Crippen LogP contribution in [-0.4, -0.2) is 13.0 Å². The highest BCUT2D eigenvalue weighted by molar-refractivity contribution is 7.85. The number of hydrogen-bond acceptors (Lipinski definition) is 2. The number of benzene rings is 1. The lowest BCUT2D eigenvalue weighted by Crippen LogP contribution is -2.00. The Kier molecular flexibility index (Phi) is 5.56. The Morgan fingerprint density at radius 1 is 1.28 bits per heavy atom. The molecule has 1 aromatic rings. The van der Waals surface area contributed by atoms with Crippen molar-refractivity contribution in [3.05, 3.63) is 35.4 Å². The van der Waals surface area contributed by atoms with Gasteiger partial charge in [-0.2, -0.15) is 8.42 Å². The largest absolute Gasteiger partial charge is 0.295 e. The Bertz CT molecular complexity index is 516. The van der Waals surface area contributed by atoms with Gasteiger partial charge in [-0.1, -0.05) is 49.6 Å². The summed E-state index contributed by atoms with van der Waals surface area (Å²) in [5.41, 5.74) is 1.52. The minimum Gasteiger partial charge on any atom is -0.282 e. The van der Waals surface area contributed by atoms with E-state index in [0.717, 1.165) is 24.8 Å². The second-order valence-electron chi connectivity index (χ2n) is 4.41. The Hall–Kier alpha value is -1.13. The quantitative estimate of drug-likeness (QED) is 0.630. The van der Waals surface area contributed by atoms with Crippen LogP contribution in [0.3, 0.4) is 0 Å². The monoisotopic (exact) mass is 268 g/mol. The predicted molar refractivity (Wildman–Crippen MR) is 74.2 cm³/mol. The lowest BCUT2D eigenvalue weighted by molar-refractivity contribution is 0.483. The maximum Gasteiger partial charge on any atom is 0.295 e. The van der Waals surface area contributed by atoms with Crippen LogP contribution in [0.15, 0.2) is 29.2 Å². The van der Waals surface area contributed by atoms with Crippen molar-refractivity contribution in [2.24, 2.45) is 0 Å². The summed E-state index contributed by atoms with van der Waals surface area (Å²) in [5, 5.41) is 0. The van der Waals surface area contributed by atoms with Crippen LogP contribution in [0, 0.1) is 6.92 Å². The number of unbranched alkanes of at least 4 members (excludes halogenated alkanes) is 3. The lowest BCUT2D eigenvalue weighted by atomic mass is 10.1. The van der Waals surface area contributed by atoms with Gasteiger partial charge in [-0.15, -0.1) is 0 Å². The molecule has 0 aliphatic carbocycles. The summed E-state index contributed by atoms with van der Waals surface area (Å²) in [6.07, 6.45) is 8.08. The summed E-state index contributed by atoms with van der Waals surface area (Å²) < 4.78 is 31.6. The number of aryl methyl sites for hydroxylation is 1. The Balaban J connectivity index is 2.90. The fourth-order valence-electron chi connectivity index (χ4n) is 1.76. The standard InChI is InChI=1S/C14H20O3S/c1-3-4-5-6-7-8-13-11-12(2)9-10-14(13)18(15,16)17/h7-11H,3-6H2,1-2H3,(H,15,16,17). The molecule has 0 fully saturated rings. The first-order chi connectivity index (χ1) is 8.45. The molecular weight excluding hydrogens is 248 g/mol. The Labute approximate surface area is 109 Å². The van der Waals surface area contributed by atoms with Gasteiger partial charge in [-0.25, -0.2) is 0 Å². The predicted octanol–water partition coefficient (Wildman–Crippen LogP) is 3.84. The molecule has 0 heterocycles. The second-order valence-corrected chi connectivity index (χ2v) is 5.80. The molecule has 0 atom stereocenters. The maximum atomic E-state index is 11.2. The van der Waals surface area contributed by atoms with Gasteiger partial charge in [0.15, 0.2) is 0 Å². The van der Waals surface area contributed by atoms with Crippen LogP contribution in [0.1, 0.15) is 43.7 Å². The zero-order valence-electron chi connectivity index (χ0n) is 10.9. The molecule has 100 valence electrons. The van der Waals surface area contributed by atoms with Crippen molar-refractivity contribution in [1.29, 1.82) is 0 Å². The summed E-state index contributed by atoms with van der Waals surface area (Å²) >= 11 is 0. The van der Waals surface area contributed by atoms with Crippen LogP contribution < -0.4 is 0 Å². The van der Waals surface area contributed by atoms with Crippen LogP contribution in [0.4, 0.5) is 0 Å². The summed E-state index contributed by atoms with van der Waals surface area (Å²) in [7, 11) is -4.15. The van der Waals surface area contributed by atoms with Gasteiger partial charge >= 0.3 is 0 Å². The minimum absolute atomic E-state index is 0.0279. The third-order valence-electron chi connectivity index (χ3n) is 2.71. The van der Waals surface area contributed by atoms with Gasteiger partial charge in [0.1, 0.15) is 4.90 Å². The van der Waals surface area contributed by atoms with Crippen LogP contribution in [0.5, 0.6) is 0 Å². The van der Waals surface area contributed by atoms with Crippen LogP contribution in [-0.2, 0) is 10.1 Å². The van der Waals surface area contributed by atoms with E-state index in [4.69, 9.17) is 4.55 Å². The molecule has 0 saturated heterocycles. The molecular formula is C14H20O3S. The molecule has 0 aliphatic heterocycles. The third-order valence-corrected chi connectivity index (χ3v) is 3.64. The summed E-state index contributed by atoms with van der Waals surface area (Å²) in [5.74, 6) is 0. The molecule has 0 spiro atoms. The van der Waals surface area contributed by atoms with Crippen molar-refractivity contribution in [3.8, 4) is 0 Å². The fourth-order valence-corrected chi connectivity index (χ4v) is 2.42. The topological polar surface area (TPSA) is 54.4 Å². The smallest absolute Gasteiger partial charge is 0.282 e. The molecule has 1 N–H and O–H groups in total. The zero-order chi connectivity index (χ0) is 13.6. The molecule has 18 heavy (non-hydrogen) atoms. The lowest BCUT2D eigenvalue weighted by Gasteiger charge is -2.04. The van der Waals surface area contributed by atoms with E-state index in [2.05, 4.69) is 6.92 Å². The molecule has 0 aliphatic rings. The Morgan fingerprint density at radius 3 is 2.61 bits per heavy atom. The van der Waals surface area contributed by atoms with Gasteiger partial charge in [0.05, 0.1) is 0 Å². The van der Waals surface area contributed by atoms with Crippen LogP contribution in [0.2, 0.25) is 0 Å². The molecule has 3 nitrogen and oxygen atoms in total. The molecule has 1 aromatic carbocycles. The molecule has 0 bridgehead atoms. The van der Waals surface area contributed by atoms with Gasteiger partial charge < -0.3 is 0 Å². The van der Waals surface area contributed by atoms with Crippen molar-refractivity contribution < 1.29 is 13.0 Å². The summed E-state index contributed by atoms with van der Waals surface area (Å²) in [6, 6.07) is 4.88. The van der Waals surface area contributed by atoms with E-state index in [-0.39, 0.29) is 4.90 Å². The average molecular weight is 268 g/mol. The fraction of sp³-hybridized carbons (Fsp3) is 0.429. The molecule has 1 rings (SSSR count). The molecule has 0 aromatic heterocycles. The van der Waals surface area contributed by atoms with Gasteiger partial charge in [-0.3, -0.25) is 4.55 Å². The van der Waals surface area contributed by atoms with Gasteiger partial charge in [0.25, 0.3) is 10.1 Å². The first-order valence-corrected chi connectivity index (χ1v) is 7.64. The van der Waals surface area contributed by atoms with Gasteiger partial charge in [-0.05, 0) is 31.4 Å². The van der Waals surface area contributed by atoms with E-state index in [1.807, 2.05) is 13.0 Å². The highest BCUT2D eigenvalue weighted by Gasteiger charge is 2.13. The minimum atomic E-state index is -4.15. The summed E-state index contributed by atoms with van der Waals surface area (Å²) in [4.78, 5) is -0.0279. The molecule has 4 heteroatoms. The average Bonchev–Trinajstić information content (AvgIpc) is 2.27. The van der Waals surface area contributed by atoms with E-state index in [0.29, 0.717) is 5.56 Å². The van der Waals surface area contributed by atoms with Gasteiger partial charge in [0, 0.05) is 0 Å². The maximum absolute atomic E-state index is 11.2. The van der Waals surface area contributed by atoms with Crippen molar-refractivity contribution in [3.63, 3.8) is 0 Å². The van der Waals surface area contributed by atoms with E-state index >= 15 is 0 Å². The normalized spacial score (nSPS) is 12.2. The van der Waals surface area contributed by atoms with Crippen molar-refractivity contribution in [2.45, 2.75) is 44.4 Å². The van der Waals surface area contributed by atoms with E-state index in [9.17, 15) is 8.42 Å². The zero-order valence-corrected chi connectivity index (χ0v) is 11.7. The van der Waals surface area contributed by atoms with E-state index < -0.39 is 10.1 Å². The Morgan fingerprint density at radius 2 is 2.00 bits per heavy atom. The molecule has 0 amide bonds. The third kappa shape index (κ3) is 4.63. The molecule has 0 radical (unpaired) electrons. The van der Waals surface area contributed by atoms with Crippen LogP contribution in [0.25, 0.3) is 6.08 Å². The highest BCUT2D eigenvalue weighted by Crippen LogP contribution is 2.19. The van der Waals surface area contributed by atoms with E-state index in [1.165, 1.54) is 12.5 Å². The van der Waals surface area contributed by atoms with Crippen molar-refractivity contribution in [1.82, 2.24) is 0 Å². The molecule has 0 saturated carbocycles. The van der Waals surface area contributed by atoms with Gasteiger partial charge in [0.2, 0.25) is 0 Å². The SMILES string of the molecule is CCCCCC=Cc1cc(C)ccc1S(=O)(=O)O. The number of rotatable bonds is 6. The van der Waals surface area contributed by atoms with E-state index in [1.54, 1.807) is 18.2 Å². The first kappa shape index (κ1) is 14.9. The highest BCUT2D eigenvalue weighted by atomic mass is 32.2. The summed E-state index contributed by atoms with van der Waals surface area (Å²) in [6.45, 7) is 4.03. The number of allylic oxidation sites excluding steroid dienone is 1.